The molecule has 1 fully saturated rings. The van der Waals surface area contributed by atoms with Crippen molar-refractivity contribution in [3.63, 3.8) is 0 Å². The smallest absolute Gasteiger partial charge is 0.127 e. The van der Waals surface area contributed by atoms with Crippen molar-refractivity contribution in [3.05, 3.63) is 42.5 Å². The summed E-state index contributed by atoms with van der Waals surface area (Å²) in [5.41, 5.74) is 0. The average molecular weight is 287 g/mol. The SMILES string of the molecule is c1ccc2c(OCCSC3CCCNC3)cccc2c1. The van der Waals surface area contributed by atoms with Crippen molar-refractivity contribution in [2.75, 3.05) is 25.4 Å². The summed E-state index contributed by atoms with van der Waals surface area (Å²) in [6.07, 6.45) is 2.65. The summed E-state index contributed by atoms with van der Waals surface area (Å²) in [5.74, 6) is 2.07. The molecule has 1 aliphatic heterocycles. The highest BCUT2D eigenvalue weighted by Gasteiger charge is 2.12. The molecule has 3 rings (SSSR count). The summed E-state index contributed by atoms with van der Waals surface area (Å²) in [7, 11) is 0. The Morgan fingerprint density at radius 1 is 1.15 bits per heavy atom. The van der Waals surface area contributed by atoms with Gasteiger partial charge in [0.2, 0.25) is 0 Å². The number of fused-ring (bicyclic) bond motifs is 1. The lowest BCUT2D eigenvalue weighted by Crippen LogP contribution is -2.32. The van der Waals surface area contributed by atoms with Gasteiger partial charge in [0.25, 0.3) is 0 Å². The fourth-order valence-electron chi connectivity index (χ4n) is 2.65. The molecule has 0 amide bonds. The number of hydrogen-bond donors (Lipinski definition) is 1. The van der Waals surface area contributed by atoms with Crippen molar-refractivity contribution in [1.82, 2.24) is 5.32 Å². The highest BCUT2D eigenvalue weighted by Crippen LogP contribution is 2.25. The quantitative estimate of drug-likeness (QED) is 0.847. The minimum absolute atomic E-state index is 0.764. The summed E-state index contributed by atoms with van der Waals surface area (Å²) in [4.78, 5) is 0. The summed E-state index contributed by atoms with van der Waals surface area (Å²) in [5, 5.41) is 6.67. The van der Waals surface area contributed by atoms with Crippen LogP contribution >= 0.6 is 11.8 Å². The first kappa shape index (κ1) is 13.8. The number of rotatable bonds is 5. The van der Waals surface area contributed by atoms with Crippen LogP contribution in [-0.4, -0.2) is 30.7 Å². The van der Waals surface area contributed by atoms with Gasteiger partial charge in [-0.25, -0.2) is 0 Å². The maximum absolute atomic E-state index is 5.97. The van der Waals surface area contributed by atoms with E-state index in [1.807, 2.05) is 11.8 Å². The van der Waals surface area contributed by atoms with Gasteiger partial charge < -0.3 is 10.1 Å². The van der Waals surface area contributed by atoms with Gasteiger partial charge in [0.05, 0.1) is 6.61 Å². The number of piperidine rings is 1. The lowest BCUT2D eigenvalue weighted by molar-refractivity contribution is 0.347. The predicted molar refractivity (Wildman–Crippen MR) is 87.8 cm³/mol. The number of ether oxygens (including phenoxy) is 1. The third kappa shape index (κ3) is 3.47. The zero-order valence-corrected chi connectivity index (χ0v) is 12.5. The highest BCUT2D eigenvalue weighted by molar-refractivity contribution is 7.99. The van der Waals surface area contributed by atoms with Gasteiger partial charge in [-0.05, 0) is 30.8 Å². The van der Waals surface area contributed by atoms with E-state index < -0.39 is 0 Å². The monoisotopic (exact) mass is 287 g/mol. The Hall–Kier alpha value is -1.19. The second kappa shape index (κ2) is 7.00. The number of benzene rings is 2. The van der Waals surface area contributed by atoms with E-state index in [1.165, 1.54) is 30.2 Å². The Morgan fingerprint density at radius 2 is 2.05 bits per heavy atom. The Labute approximate surface area is 124 Å². The van der Waals surface area contributed by atoms with Gasteiger partial charge in [-0.1, -0.05) is 36.4 Å². The molecule has 0 spiro atoms. The average Bonchev–Trinajstić information content (AvgIpc) is 2.53. The molecule has 1 heterocycles. The molecule has 0 radical (unpaired) electrons. The second-order valence-electron chi connectivity index (χ2n) is 5.16. The van der Waals surface area contributed by atoms with Crippen molar-refractivity contribution in [3.8, 4) is 5.75 Å². The van der Waals surface area contributed by atoms with Gasteiger partial charge in [-0.15, -0.1) is 0 Å². The van der Waals surface area contributed by atoms with Crippen LogP contribution in [0.4, 0.5) is 0 Å². The van der Waals surface area contributed by atoms with Crippen molar-refractivity contribution >= 4 is 22.5 Å². The van der Waals surface area contributed by atoms with E-state index in [2.05, 4.69) is 47.8 Å². The van der Waals surface area contributed by atoms with Crippen LogP contribution in [0, 0.1) is 0 Å². The molecular weight excluding hydrogens is 266 g/mol. The van der Waals surface area contributed by atoms with Gasteiger partial charge in [-0.3, -0.25) is 0 Å². The van der Waals surface area contributed by atoms with Crippen LogP contribution in [-0.2, 0) is 0 Å². The standard InChI is InChI=1S/C17H21NOS/c1-2-8-16-14(5-1)6-3-9-17(16)19-11-12-20-15-7-4-10-18-13-15/h1-3,5-6,8-9,15,18H,4,7,10-13H2. The third-order valence-corrected chi connectivity index (χ3v) is 4.97. The summed E-state index contributed by atoms with van der Waals surface area (Å²) >= 11 is 2.03. The molecule has 1 N–H and O–H groups in total. The molecule has 106 valence electrons. The Balaban J connectivity index is 1.52. The molecule has 1 aliphatic rings. The van der Waals surface area contributed by atoms with Crippen LogP contribution in [0.15, 0.2) is 42.5 Å². The molecule has 0 saturated carbocycles. The van der Waals surface area contributed by atoms with Crippen molar-refractivity contribution in [2.24, 2.45) is 0 Å². The molecule has 0 aromatic heterocycles. The van der Waals surface area contributed by atoms with Crippen LogP contribution in [0.25, 0.3) is 10.8 Å². The number of hydrogen-bond acceptors (Lipinski definition) is 3. The summed E-state index contributed by atoms with van der Waals surface area (Å²) < 4.78 is 5.97. The van der Waals surface area contributed by atoms with Crippen LogP contribution in [0.1, 0.15) is 12.8 Å². The number of nitrogens with one attached hydrogen (secondary N) is 1. The fraction of sp³-hybridized carbons (Fsp3) is 0.412. The van der Waals surface area contributed by atoms with E-state index in [0.717, 1.165) is 29.9 Å². The van der Waals surface area contributed by atoms with Gasteiger partial charge in [-0.2, -0.15) is 11.8 Å². The van der Waals surface area contributed by atoms with E-state index in [4.69, 9.17) is 4.74 Å². The molecular formula is C17H21NOS. The lowest BCUT2D eigenvalue weighted by Gasteiger charge is -2.22. The minimum atomic E-state index is 0.764. The maximum atomic E-state index is 5.97. The van der Waals surface area contributed by atoms with Crippen molar-refractivity contribution in [2.45, 2.75) is 18.1 Å². The van der Waals surface area contributed by atoms with Gasteiger partial charge >= 0.3 is 0 Å². The van der Waals surface area contributed by atoms with E-state index in [1.54, 1.807) is 0 Å². The Morgan fingerprint density at radius 3 is 2.95 bits per heavy atom. The first-order valence-electron chi connectivity index (χ1n) is 7.36. The third-order valence-electron chi connectivity index (χ3n) is 3.70. The molecule has 1 saturated heterocycles. The van der Waals surface area contributed by atoms with Gasteiger partial charge in [0.1, 0.15) is 5.75 Å². The van der Waals surface area contributed by atoms with Crippen LogP contribution in [0.2, 0.25) is 0 Å². The minimum Gasteiger partial charge on any atom is -0.492 e. The molecule has 1 unspecified atom stereocenters. The Kier molecular flexibility index (Phi) is 4.82. The molecule has 3 heteroatoms. The van der Waals surface area contributed by atoms with E-state index in [0.29, 0.717) is 0 Å². The van der Waals surface area contributed by atoms with Crippen LogP contribution in [0.3, 0.4) is 0 Å². The predicted octanol–water partition coefficient (Wildman–Crippen LogP) is 3.70. The van der Waals surface area contributed by atoms with E-state index in [9.17, 15) is 0 Å². The largest absolute Gasteiger partial charge is 0.492 e. The molecule has 0 bridgehead atoms. The zero-order chi connectivity index (χ0) is 13.6. The normalized spacial score (nSPS) is 19.1. The van der Waals surface area contributed by atoms with Crippen molar-refractivity contribution < 1.29 is 4.74 Å². The number of thioether (sulfide) groups is 1. The molecule has 2 aromatic rings. The van der Waals surface area contributed by atoms with Crippen molar-refractivity contribution in [1.29, 1.82) is 0 Å². The molecule has 0 aliphatic carbocycles. The fourth-order valence-corrected chi connectivity index (χ4v) is 3.73. The Bertz CT molecular complexity index is 546. The lowest BCUT2D eigenvalue weighted by atomic mass is 10.1. The van der Waals surface area contributed by atoms with Gasteiger partial charge in [0, 0.05) is 22.9 Å². The van der Waals surface area contributed by atoms with E-state index >= 15 is 0 Å². The van der Waals surface area contributed by atoms with E-state index in [-0.39, 0.29) is 0 Å². The van der Waals surface area contributed by atoms with Crippen LogP contribution in [0.5, 0.6) is 5.75 Å². The van der Waals surface area contributed by atoms with Gasteiger partial charge in [0.15, 0.2) is 0 Å². The first-order valence-corrected chi connectivity index (χ1v) is 8.41. The molecule has 20 heavy (non-hydrogen) atoms. The second-order valence-corrected chi connectivity index (χ2v) is 6.57. The zero-order valence-electron chi connectivity index (χ0n) is 11.7. The molecule has 2 aromatic carbocycles. The maximum Gasteiger partial charge on any atom is 0.127 e. The topological polar surface area (TPSA) is 21.3 Å². The molecule has 1 atom stereocenters. The highest BCUT2D eigenvalue weighted by atomic mass is 32.2. The summed E-state index contributed by atoms with van der Waals surface area (Å²) in [6, 6.07) is 14.7. The first-order chi connectivity index (χ1) is 9.93. The molecule has 2 nitrogen and oxygen atoms in total. The summed E-state index contributed by atoms with van der Waals surface area (Å²) in [6.45, 7) is 3.12. The van der Waals surface area contributed by atoms with Crippen LogP contribution < -0.4 is 10.1 Å².